The number of hydrogen-bond donors (Lipinski definition) is 1. The van der Waals surface area contributed by atoms with Gasteiger partial charge in [-0.15, -0.1) is 0 Å². The third-order valence-electron chi connectivity index (χ3n) is 2.91. The van der Waals surface area contributed by atoms with Crippen LogP contribution in [0.5, 0.6) is 0 Å². The van der Waals surface area contributed by atoms with Gasteiger partial charge in [-0.1, -0.05) is 0 Å². The zero-order valence-electron chi connectivity index (χ0n) is 8.19. The molecule has 1 aromatic rings. The first-order valence-corrected chi connectivity index (χ1v) is 4.64. The Morgan fingerprint density at radius 3 is 1.93 bits per heavy atom. The van der Waals surface area contributed by atoms with Gasteiger partial charge in [-0.2, -0.15) is 0 Å². The summed E-state index contributed by atoms with van der Waals surface area (Å²) in [6.45, 7) is 3.15. The minimum Gasteiger partial charge on any atom is -0.385 e. The molecule has 0 amide bonds. The van der Waals surface area contributed by atoms with Gasteiger partial charge in [0.15, 0.2) is 0 Å². The Morgan fingerprint density at radius 2 is 1.57 bits per heavy atom. The van der Waals surface area contributed by atoms with Crippen molar-refractivity contribution in [3.8, 4) is 0 Å². The standard InChI is InChI=1S/C11H12F2O/c1-6-8(12)5-9(13)7(2)10(6)11(14)3-4-11/h5,14H,3-4H2,1-2H3. The van der Waals surface area contributed by atoms with Gasteiger partial charge in [0.25, 0.3) is 0 Å². The number of aliphatic hydroxyl groups is 1. The van der Waals surface area contributed by atoms with Crippen LogP contribution in [-0.4, -0.2) is 5.11 Å². The van der Waals surface area contributed by atoms with Crippen molar-refractivity contribution in [3.05, 3.63) is 34.4 Å². The van der Waals surface area contributed by atoms with E-state index >= 15 is 0 Å². The van der Waals surface area contributed by atoms with E-state index in [2.05, 4.69) is 0 Å². The minimum atomic E-state index is -0.975. The van der Waals surface area contributed by atoms with Crippen LogP contribution >= 0.6 is 0 Å². The highest BCUT2D eigenvalue weighted by Crippen LogP contribution is 2.48. The van der Waals surface area contributed by atoms with Crippen LogP contribution in [0.25, 0.3) is 0 Å². The maximum Gasteiger partial charge on any atom is 0.129 e. The van der Waals surface area contributed by atoms with E-state index in [0.717, 1.165) is 6.07 Å². The number of halogens is 2. The average Bonchev–Trinajstić information content (AvgIpc) is 2.81. The van der Waals surface area contributed by atoms with Crippen molar-refractivity contribution < 1.29 is 13.9 Å². The van der Waals surface area contributed by atoms with E-state index < -0.39 is 17.2 Å². The zero-order valence-corrected chi connectivity index (χ0v) is 8.19. The van der Waals surface area contributed by atoms with E-state index in [-0.39, 0.29) is 0 Å². The summed E-state index contributed by atoms with van der Waals surface area (Å²) in [6, 6.07) is 0.875. The SMILES string of the molecule is Cc1c(F)cc(F)c(C)c1C1(O)CC1. The Kier molecular flexibility index (Phi) is 1.89. The fraction of sp³-hybridized carbons (Fsp3) is 0.455. The van der Waals surface area contributed by atoms with E-state index in [1.54, 1.807) is 13.8 Å². The molecule has 1 saturated carbocycles. The van der Waals surface area contributed by atoms with Crippen LogP contribution in [0, 0.1) is 25.5 Å². The van der Waals surface area contributed by atoms with Crippen molar-refractivity contribution in [1.82, 2.24) is 0 Å². The summed E-state index contributed by atoms with van der Waals surface area (Å²) < 4.78 is 26.5. The quantitative estimate of drug-likeness (QED) is 0.735. The van der Waals surface area contributed by atoms with Gasteiger partial charge in [-0.3, -0.25) is 0 Å². The van der Waals surface area contributed by atoms with Crippen molar-refractivity contribution in [2.45, 2.75) is 32.3 Å². The molecule has 0 atom stereocenters. The first kappa shape index (κ1) is 9.59. The van der Waals surface area contributed by atoms with Crippen LogP contribution < -0.4 is 0 Å². The molecule has 1 nitrogen and oxygen atoms in total. The molecule has 0 spiro atoms. The van der Waals surface area contributed by atoms with Gasteiger partial charge in [-0.25, -0.2) is 8.78 Å². The fourth-order valence-electron chi connectivity index (χ4n) is 1.91. The third kappa shape index (κ3) is 1.23. The molecule has 76 valence electrons. The summed E-state index contributed by atoms with van der Waals surface area (Å²) in [6.07, 6.45) is 1.19. The van der Waals surface area contributed by atoms with Crippen molar-refractivity contribution in [2.24, 2.45) is 0 Å². The molecule has 0 heterocycles. The van der Waals surface area contributed by atoms with Gasteiger partial charge in [0.2, 0.25) is 0 Å². The first-order chi connectivity index (χ1) is 6.46. The largest absolute Gasteiger partial charge is 0.385 e. The van der Waals surface area contributed by atoms with Crippen molar-refractivity contribution in [3.63, 3.8) is 0 Å². The minimum absolute atomic E-state index is 0.365. The lowest BCUT2D eigenvalue weighted by Gasteiger charge is -2.16. The highest BCUT2D eigenvalue weighted by molar-refractivity contribution is 5.42. The molecule has 0 unspecified atom stereocenters. The second-order valence-electron chi connectivity index (χ2n) is 4.00. The molecule has 1 N–H and O–H groups in total. The molecule has 0 radical (unpaired) electrons. The third-order valence-corrected chi connectivity index (χ3v) is 2.91. The molecule has 0 aromatic heterocycles. The number of benzene rings is 1. The van der Waals surface area contributed by atoms with Crippen LogP contribution in [0.3, 0.4) is 0 Å². The van der Waals surface area contributed by atoms with Crippen molar-refractivity contribution >= 4 is 0 Å². The Bertz CT molecular complexity index is 369. The summed E-state index contributed by atoms with van der Waals surface area (Å²) >= 11 is 0. The molecule has 3 heteroatoms. The van der Waals surface area contributed by atoms with Crippen LogP contribution in [0.15, 0.2) is 6.07 Å². The van der Waals surface area contributed by atoms with E-state index in [1.807, 2.05) is 0 Å². The molecule has 2 rings (SSSR count). The van der Waals surface area contributed by atoms with Gasteiger partial charge in [0.05, 0.1) is 5.60 Å². The molecule has 1 aliphatic carbocycles. The predicted octanol–water partition coefficient (Wildman–Crippen LogP) is 2.56. The lowest BCUT2D eigenvalue weighted by molar-refractivity contribution is 0.149. The molecule has 1 fully saturated rings. The maximum absolute atomic E-state index is 13.2. The van der Waals surface area contributed by atoms with Crippen molar-refractivity contribution in [2.75, 3.05) is 0 Å². The number of hydrogen-bond acceptors (Lipinski definition) is 1. The second-order valence-corrected chi connectivity index (χ2v) is 4.00. The predicted molar refractivity (Wildman–Crippen MR) is 49.0 cm³/mol. The van der Waals surface area contributed by atoms with E-state index in [4.69, 9.17) is 0 Å². The molecule has 0 bridgehead atoms. The van der Waals surface area contributed by atoms with Crippen LogP contribution in [0.2, 0.25) is 0 Å². The van der Waals surface area contributed by atoms with Crippen LogP contribution in [-0.2, 0) is 5.60 Å². The van der Waals surface area contributed by atoms with Crippen LogP contribution in [0.4, 0.5) is 8.78 Å². The van der Waals surface area contributed by atoms with Gasteiger partial charge in [-0.05, 0) is 43.4 Å². The smallest absolute Gasteiger partial charge is 0.129 e. The Morgan fingerprint density at radius 1 is 1.14 bits per heavy atom. The lowest BCUT2D eigenvalue weighted by Crippen LogP contribution is -2.12. The van der Waals surface area contributed by atoms with E-state index in [1.165, 1.54) is 0 Å². The highest BCUT2D eigenvalue weighted by atomic mass is 19.1. The molecular formula is C11H12F2O. The molecule has 0 saturated heterocycles. The molecular weight excluding hydrogens is 186 g/mol. The molecule has 1 aromatic carbocycles. The normalized spacial score (nSPS) is 18.4. The summed E-state index contributed by atoms with van der Waals surface area (Å²) in [5.41, 5.74) is 0.194. The summed E-state index contributed by atoms with van der Waals surface area (Å²) in [7, 11) is 0. The van der Waals surface area contributed by atoms with Gasteiger partial charge in [0.1, 0.15) is 11.6 Å². The Labute approximate surface area is 81.4 Å². The van der Waals surface area contributed by atoms with E-state index in [0.29, 0.717) is 29.5 Å². The number of rotatable bonds is 1. The van der Waals surface area contributed by atoms with E-state index in [9.17, 15) is 13.9 Å². The summed E-state index contributed by atoms with van der Waals surface area (Å²) in [4.78, 5) is 0. The Balaban J connectivity index is 2.68. The van der Waals surface area contributed by atoms with Gasteiger partial charge >= 0.3 is 0 Å². The Hall–Kier alpha value is -0.960. The maximum atomic E-state index is 13.2. The molecule has 14 heavy (non-hydrogen) atoms. The zero-order chi connectivity index (χ0) is 10.5. The monoisotopic (exact) mass is 198 g/mol. The fourth-order valence-corrected chi connectivity index (χ4v) is 1.91. The second kappa shape index (κ2) is 2.76. The van der Waals surface area contributed by atoms with Gasteiger partial charge in [0, 0.05) is 6.07 Å². The van der Waals surface area contributed by atoms with Crippen LogP contribution in [0.1, 0.15) is 29.5 Å². The molecule has 0 aliphatic heterocycles. The summed E-state index contributed by atoms with van der Waals surface area (Å²) in [5.74, 6) is -1.16. The van der Waals surface area contributed by atoms with Crippen molar-refractivity contribution in [1.29, 1.82) is 0 Å². The van der Waals surface area contributed by atoms with Gasteiger partial charge < -0.3 is 5.11 Å². The molecule has 1 aliphatic rings. The summed E-state index contributed by atoms with van der Waals surface area (Å²) in [5, 5.41) is 9.88. The lowest BCUT2D eigenvalue weighted by atomic mass is 9.95. The highest BCUT2D eigenvalue weighted by Gasteiger charge is 2.45. The topological polar surface area (TPSA) is 20.2 Å². The average molecular weight is 198 g/mol. The first-order valence-electron chi connectivity index (χ1n) is 4.64.